The zero-order chi connectivity index (χ0) is 15.7. The van der Waals surface area contributed by atoms with Crippen molar-refractivity contribution in [1.29, 1.82) is 0 Å². The maximum Gasteiger partial charge on any atom is 0.280 e. The van der Waals surface area contributed by atoms with Crippen molar-refractivity contribution in [3.05, 3.63) is 58.3 Å². The van der Waals surface area contributed by atoms with Gasteiger partial charge >= 0.3 is 0 Å². The Bertz CT molecular complexity index is 756. The van der Waals surface area contributed by atoms with Gasteiger partial charge in [0.2, 0.25) is 5.91 Å². The van der Waals surface area contributed by atoms with Gasteiger partial charge in [-0.05, 0) is 40.2 Å². The average Bonchev–Trinajstić information content (AvgIpc) is 2.75. The van der Waals surface area contributed by atoms with Crippen molar-refractivity contribution in [2.24, 2.45) is 0 Å². The minimum Gasteiger partial charge on any atom is -0.324 e. The van der Waals surface area contributed by atoms with Crippen molar-refractivity contribution >= 4 is 39.3 Å². The Kier molecular flexibility index (Phi) is 3.72. The number of pyridine rings is 1. The summed E-state index contributed by atoms with van der Waals surface area (Å²) in [6.45, 7) is -0.352. The van der Waals surface area contributed by atoms with E-state index in [4.69, 9.17) is 0 Å². The van der Waals surface area contributed by atoms with Crippen LogP contribution < -0.4 is 5.32 Å². The summed E-state index contributed by atoms with van der Waals surface area (Å²) in [5, 5.41) is 2.65. The average molecular weight is 360 g/mol. The molecule has 0 atom stereocenters. The first-order chi connectivity index (χ1) is 10.6. The highest BCUT2D eigenvalue weighted by atomic mass is 79.9. The summed E-state index contributed by atoms with van der Waals surface area (Å²) in [6, 6.07) is 10.2. The molecule has 0 bridgehead atoms. The van der Waals surface area contributed by atoms with Crippen molar-refractivity contribution in [1.82, 2.24) is 9.88 Å². The summed E-state index contributed by atoms with van der Waals surface area (Å²) < 4.78 is 0.715. The molecule has 1 aliphatic rings. The van der Waals surface area contributed by atoms with E-state index < -0.39 is 17.7 Å². The van der Waals surface area contributed by atoms with Crippen molar-refractivity contribution in [2.75, 3.05) is 11.9 Å². The van der Waals surface area contributed by atoms with Crippen LogP contribution in [0.4, 0.5) is 5.69 Å². The molecule has 2 aromatic rings. The fraction of sp³-hybridized carbons (Fsp3) is 0.0667. The van der Waals surface area contributed by atoms with Crippen molar-refractivity contribution in [3.8, 4) is 0 Å². The molecule has 6 nitrogen and oxygen atoms in total. The highest BCUT2D eigenvalue weighted by Crippen LogP contribution is 2.22. The third-order valence-electron chi connectivity index (χ3n) is 3.18. The molecule has 1 aromatic carbocycles. The molecule has 0 aliphatic carbocycles. The number of para-hydroxylation sites is 1. The molecule has 0 spiro atoms. The molecule has 0 saturated heterocycles. The zero-order valence-corrected chi connectivity index (χ0v) is 12.8. The van der Waals surface area contributed by atoms with E-state index >= 15 is 0 Å². The lowest BCUT2D eigenvalue weighted by atomic mass is 10.2. The quantitative estimate of drug-likeness (QED) is 0.850. The third-order valence-corrected chi connectivity index (χ3v) is 3.87. The first kappa shape index (κ1) is 14.4. The van der Waals surface area contributed by atoms with E-state index in [1.165, 1.54) is 12.3 Å². The van der Waals surface area contributed by atoms with E-state index in [0.29, 0.717) is 10.2 Å². The Balaban J connectivity index is 1.75. The molecule has 110 valence electrons. The fourth-order valence-electron chi connectivity index (χ4n) is 2.15. The van der Waals surface area contributed by atoms with Crippen LogP contribution in [0.25, 0.3) is 0 Å². The van der Waals surface area contributed by atoms with Crippen LogP contribution in [-0.4, -0.2) is 34.2 Å². The lowest BCUT2D eigenvalue weighted by molar-refractivity contribution is -0.116. The molecular weight excluding hydrogens is 350 g/mol. The molecule has 1 N–H and O–H groups in total. The van der Waals surface area contributed by atoms with Gasteiger partial charge in [0.15, 0.2) is 0 Å². The van der Waals surface area contributed by atoms with Gasteiger partial charge in [0, 0.05) is 10.7 Å². The van der Waals surface area contributed by atoms with Gasteiger partial charge in [0.25, 0.3) is 11.8 Å². The number of fused-ring (bicyclic) bond motifs is 1. The Hall–Kier alpha value is -2.54. The van der Waals surface area contributed by atoms with E-state index in [1.54, 1.807) is 24.3 Å². The van der Waals surface area contributed by atoms with Crippen LogP contribution in [0.1, 0.15) is 20.8 Å². The number of halogens is 1. The predicted octanol–water partition coefficient (Wildman–Crippen LogP) is 2.08. The van der Waals surface area contributed by atoms with Crippen molar-refractivity contribution in [2.45, 2.75) is 0 Å². The van der Waals surface area contributed by atoms with Crippen LogP contribution in [-0.2, 0) is 4.79 Å². The van der Waals surface area contributed by atoms with Gasteiger partial charge in [-0.15, -0.1) is 0 Å². The SMILES string of the molecule is O=C(CN1C(=O)c2cccnc2C1=O)Nc1ccccc1Br. The topological polar surface area (TPSA) is 79.4 Å². The second-order valence-corrected chi connectivity index (χ2v) is 5.48. The second kappa shape index (κ2) is 5.69. The molecule has 1 aliphatic heterocycles. The van der Waals surface area contributed by atoms with E-state index in [2.05, 4.69) is 26.2 Å². The Morgan fingerprint density at radius 1 is 1.14 bits per heavy atom. The number of benzene rings is 1. The number of nitrogens with zero attached hydrogens (tertiary/aromatic N) is 2. The zero-order valence-electron chi connectivity index (χ0n) is 11.2. The number of amides is 3. The highest BCUT2D eigenvalue weighted by molar-refractivity contribution is 9.10. The van der Waals surface area contributed by atoms with E-state index in [9.17, 15) is 14.4 Å². The van der Waals surface area contributed by atoms with Crippen molar-refractivity contribution < 1.29 is 14.4 Å². The summed E-state index contributed by atoms with van der Waals surface area (Å²) in [6.07, 6.45) is 1.44. The number of carbonyl (C=O) groups is 3. The van der Waals surface area contributed by atoms with Crippen LogP contribution in [0.3, 0.4) is 0 Å². The molecule has 0 radical (unpaired) electrons. The third kappa shape index (κ3) is 2.50. The molecule has 0 saturated carbocycles. The smallest absolute Gasteiger partial charge is 0.280 e. The number of aromatic nitrogens is 1. The monoisotopic (exact) mass is 359 g/mol. The summed E-state index contributed by atoms with van der Waals surface area (Å²) in [7, 11) is 0. The molecule has 7 heteroatoms. The standard InChI is InChI=1S/C15H10BrN3O3/c16-10-5-1-2-6-11(10)18-12(20)8-19-14(21)9-4-3-7-17-13(9)15(19)22/h1-7H,8H2,(H,18,20). The summed E-state index contributed by atoms with van der Waals surface area (Å²) in [5.41, 5.74) is 0.879. The molecule has 1 aromatic heterocycles. The summed E-state index contributed by atoms with van der Waals surface area (Å²) >= 11 is 3.31. The van der Waals surface area contributed by atoms with Crippen molar-refractivity contribution in [3.63, 3.8) is 0 Å². The molecular formula is C15H10BrN3O3. The number of hydrogen-bond acceptors (Lipinski definition) is 4. The van der Waals surface area contributed by atoms with Gasteiger partial charge in [0.05, 0.1) is 11.3 Å². The van der Waals surface area contributed by atoms with E-state index in [1.807, 2.05) is 6.07 Å². The van der Waals surface area contributed by atoms with Crippen LogP contribution >= 0.6 is 15.9 Å². The summed E-state index contributed by atoms with van der Waals surface area (Å²) in [5.74, 6) is -1.51. The first-order valence-corrected chi connectivity index (χ1v) is 7.23. The minimum atomic E-state index is -0.553. The van der Waals surface area contributed by atoms with Crippen LogP contribution in [0, 0.1) is 0 Å². The first-order valence-electron chi connectivity index (χ1n) is 6.43. The predicted molar refractivity (Wildman–Crippen MR) is 82.4 cm³/mol. The second-order valence-electron chi connectivity index (χ2n) is 4.62. The van der Waals surface area contributed by atoms with Gasteiger partial charge in [-0.3, -0.25) is 24.3 Å². The largest absolute Gasteiger partial charge is 0.324 e. The molecule has 3 amide bonds. The molecule has 3 rings (SSSR count). The highest BCUT2D eigenvalue weighted by Gasteiger charge is 2.37. The molecule has 0 unspecified atom stereocenters. The molecule has 2 heterocycles. The van der Waals surface area contributed by atoms with Crippen LogP contribution in [0.5, 0.6) is 0 Å². The maximum absolute atomic E-state index is 12.1. The number of hydrogen-bond donors (Lipinski definition) is 1. The number of anilines is 1. The lowest BCUT2D eigenvalue weighted by Gasteiger charge is -2.13. The van der Waals surface area contributed by atoms with Gasteiger partial charge in [-0.25, -0.2) is 0 Å². The number of imide groups is 1. The Labute approximate surface area is 134 Å². The Morgan fingerprint density at radius 3 is 2.64 bits per heavy atom. The van der Waals surface area contributed by atoms with E-state index in [0.717, 1.165) is 4.90 Å². The number of nitrogens with one attached hydrogen (secondary N) is 1. The van der Waals surface area contributed by atoms with Crippen LogP contribution in [0.15, 0.2) is 47.1 Å². The van der Waals surface area contributed by atoms with Gasteiger partial charge in [-0.1, -0.05) is 12.1 Å². The number of rotatable bonds is 3. The van der Waals surface area contributed by atoms with Gasteiger partial charge in [-0.2, -0.15) is 0 Å². The fourth-order valence-corrected chi connectivity index (χ4v) is 2.54. The molecule has 22 heavy (non-hydrogen) atoms. The molecule has 0 fully saturated rings. The summed E-state index contributed by atoms with van der Waals surface area (Å²) in [4.78, 5) is 41.1. The van der Waals surface area contributed by atoms with Gasteiger partial charge < -0.3 is 5.32 Å². The number of carbonyl (C=O) groups excluding carboxylic acids is 3. The van der Waals surface area contributed by atoms with Gasteiger partial charge in [0.1, 0.15) is 12.2 Å². The maximum atomic E-state index is 12.1. The van der Waals surface area contributed by atoms with Crippen LogP contribution in [0.2, 0.25) is 0 Å². The Morgan fingerprint density at radius 2 is 1.91 bits per heavy atom. The van der Waals surface area contributed by atoms with E-state index in [-0.39, 0.29) is 17.8 Å². The normalized spacial score (nSPS) is 13.2. The minimum absolute atomic E-state index is 0.0844. The lowest BCUT2D eigenvalue weighted by Crippen LogP contribution is -2.37.